The van der Waals surface area contributed by atoms with E-state index in [1.54, 1.807) is 24.3 Å². The predicted molar refractivity (Wildman–Crippen MR) is 82.5 cm³/mol. The van der Waals surface area contributed by atoms with Crippen LogP contribution in [0.15, 0.2) is 36.9 Å². The number of amides is 2. The molecule has 1 saturated carbocycles. The van der Waals surface area contributed by atoms with E-state index in [-0.39, 0.29) is 12.6 Å². The van der Waals surface area contributed by atoms with Gasteiger partial charge in [0.25, 0.3) is 0 Å². The van der Waals surface area contributed by atoms with Crippen LogP contribution in [0.3, 0.4) is 0 Å². The van der Waals surface area contributed by atoms with Gasteiger partial charge < -0.3 is 20.5 Å². The Kier molecular flexibility index (Phi) is 4.85. The van der Waals surface area contributed by atoms with Gasteiger partial charge in [-0.2, -0.15) is 0 Å². The minimum atomic E-state index is -0.555. The zero-order chi connectivity index (χ0) is 15.3. The van der Waals surface area contributed by atoms with Crippen molar-refractivity contribution in [2.75, 3.05) is 18.5 Å². The van der Waals surface area contributed by atoms with Crippen molar-refractivity contribution in [2.45, 2.75) is 25.3 Å². The number of urea groups is 1. The molecule has 5 heteroatoms. The highest BCUT2D eigenvalue weighted by Gasteiger charge is 2.42. The lowest BCUT2D eigenvalue weighted by atomic mass is 9.97. The lowest BCUT2D eigenvalue weighted by Crippen LogP contribution is -2.52. The first kappa shape index (κ1) is 15.4. The van der Waals surface area contributed by atoms with Gasteiger partial charge in [-0.05, 0) is 37.8 Å². The maximum Gasteiger partial charge on any atom is 0.319 e. The quantitative estimate of drug-likeness (QED) is 0.676. The Morgan fingerprint density at radius 3 is 2.95 bits per heavy atom. The van der Waals surface area contributed by atoms with Gasteiger partial charge in [0.2, 0.25) is 0 Å². The van der Waals surface area contributed by atoms with E-state index in [1.165, 1.54) is 0 Å². The van der Waals surface area contributed by atoms with E-state index in [4.69, 9.17) is 4.74 Å². The average Bonchev–Trinajstić information content (AvgIpc) is 3.30. The summed E-state index contributed by atoms with van der Waals surface area (Å²) in [6.07, 6.45) is 3.75. The first-order chi connectivity index (χ1) is 10.1. The number of hydrogen-bond acceptors (Lipinski definition) is 3. The van der Waals surface area contributed by atoms with E-state index in [0.717, 1.165) is 12.8 Å². The van der Waals surface area contributed by atoms with Crippen molar-refractivity contribution >= 4 is 11.7 Å². The van der Waals surface area contributed by atoms with E-state index < -0.39 is 5.54 Å². The van der Waals surface area contributed by atoms with Crippen LogP contribution in [0.5, 0.6) is 5.75 Å². The summed E-state index contributed by atoms with van der Waals surface area (Å²) in [6, 6.07) is 6.83. The highest BCUT2D eigenvalue weighted by molar-refractivity contribution is 5.90. The van der Waals surface area contributed by atoms with Gasteiger partial charge in [-0.1, -0.05) is 18.7 Å². The van der Waals surface area contributed by atoms with Crippen molar-refractivity contribution in [3.8, 4) is 5.75 Å². The second-order valence-electron chi connectivity index (χ2n) is 5.56. The average molecular weight is 290 g/mol. The third-order valence-corrected chi connectivity index (χ3v) is 3.67. The van der Waals surface area contributed by atoms with Crippen molar-refractivity contribution in [2.24, 2.45) is 5.92 Å². The molecule has 0 spiro atoms. The Morgan fingerprint density at radius 1 is 1.57 bits per heavy atom. The van der Waals surface area contributed by atoms with Gasteiger partial charge in [-0.3, -0.25) is 0 Å². The topological polar surface area (TPSA) is 70.6 Å². The minimum absolute atomic E-state index is 0.0619. The normalized spacial score (nSPS) is 16.7. The van der Waals surface area contributed by atoms with Gasteiger partial charge >= 0.3 is 6.03 Å². The van der Waals surface area contributed by atoms with Gasteiger partial charge in [0.05, 0.1) is 12.1 Å². The fourth-order valence-corrected chi connectivity index (χ4v) is 2.23. The number of benzene rings is 1. The molecule has 1 aliphatic rings. The number of carbonyl (C=O) groups excluding carboxylic acids is 1. The second-order valence-corrected chi connectivity index (χ2v) is 5.56. The molecule has 1 aromatic rings. The van der Waals surface area contributed by atoms with Crippen LogP contribution in [0.2, 0.25) is 0 Å². The maximum atomic E-state index is 12.1. The number of hydrogen-bond donors (Lipinski definition) is 3. The molecule has 0 aliphatic heterocycles. The number of nitrogens with one attached hydrogen (secondary N) is 2. The molecule has 2 amide bonds. The fraction of sp³-hybridized carbons (Fsp3) is 0.438. The predicted octanol–water partition coefficient (Wildman–Crippen LogP) is 2.53. The summed E-state index contributed by atoms with van der Waals surface area (Å²) in [4.78, 5) is 12.1. The number of aliphatic hydroxyl groups is 1. The second kappa shape index (κ2) is 6.63. The summed E-state index contributed by atoms with van der Waals surface area (Å²) in [5.74, 6) is 1.02. The summed E-state index contributed by atoms with van der Waals surface area (Å²) >= 11 is 0. The van der Waals surface area contributed by atoms with E-state index >= 15 is 0 Å². The summed E-state index contributed by atoms with van der Waals surface area (Å²) in [5.41, 5.74) is 0.0891. The molecule has 1 unspecified atom stereocenters. The Labute approximate surface area is 125 Å². The molecule has 5 nitrogen and oxygen atoms in total. The fourth-order valence-electron chi connectivity index (χ4n) is 2.23. The summed E-state index contributed by atoms with van der Waals surface area (Å²) in [5, 5.41) is 15.1. The Hall–Kier alpha value is -2.01. The maximum absolute atomic E-state index is 12.1. The van der Waals surface area contributed by atoms with Crippen LogP contribution < -0.4 is 15.4 Å². The Bertz CT molecular complexity index is 514. The number of rotatable bonds is 7. The van der Waals surface area contributed by atoms with Crippen LogP contribution in [0.1, 0.15) is 19.8 Å². The van der Waals surface area contributed by atoms with Crippen LogP contribution in [0, 0.1) is 5.92 Å². The third-order valence-electron chi connectivity index (χ3n) is 3.67. The molecule has 21 heavy (non-hydrogen) atoms. The number of aliphatic hydroxyl groups excluding tert-OH is 1. The smallest absolute Gasteiger partial charge is 0.319 e. The van der Waals surface area contributed by atoms with Crippen molar-refractivity contribution < 1.29 is 14.6 Å². The third kappa shape index (κ3) is 4.23. The standard InChI is InChI=1S/C16H22N2O3/c1-3-9-21-14-6-4-5-13(10-14)17-15(20)18-16(2,11-19)12-7-8-12/h3-6,10,12,19H,1,7-9,11H2,2H3,(H2,17,18,20). The van der Waals surface area contributed by atoms with Crippen LogP contribution in [-0.4, -0.2) is 29.9 Å². The molecular weight excluding hydrogens is 268 g/mol. The molecule has 0 saturated heterocycles. The molecule has 1 atom stereocenters. The summed E-state index contributed by atoms with van der Waals surface area (Å²) in [7, 11) is 0. The van der Waals surface area contributed by atoms with Crippen molar-refractivity contribution in [3.63, 3.8) is 0 Å². The van der Waals surface area contributed by atoms with Crippen LogP contribution in [0.25, 0.3) is 0 Å². The molecule has 114 valence electrons. The van der Waals surface area contributed by atoms with Crippen molar-refractivity contribution in [1.29, 1.82) is 0 Å². The molecule has 1 aromatic carbocycles. The van der Waals surface area contributed by atoms with Crippen LogP contribution in [-0.2, 0) is 0 Å². The molecule has 0 aromatic heterocycles. The van der Waals surface area contributed by atoms with Gasteiger partial charge in [-0.15, -0.1) is 0 Å². The van der Waals surface area contributed by atoms with Gasteiger partial charge in [-0.25, -0.2) is 4.79 Å². The molecule has 0 heterocycles. The van der Waals surface area contributed by atoms with E-state index in [1.807, 2.05) is 13.0 Å². The molecular formula is C16H22N2O3. The lowest BCUT2D eigenvalue weighted by molar-refractivity contribution is 0.159. The number of ether oxygens (including phenoxy) is 1. The summed E-state index contributed by atoms with van der Waals surface area (Å²) in [6.45, 7) is 5.81. The number of anilines is 1. The minimum Gasteiger partial charge on any atom is -0.489 e. The molecule has 1 aliphatic carbocycles. The van der Waals surface area contributed by atoms with Gasteiger partial charge in [0.15, 0.2) is 0 Å². The SMILES string of the molecule is C=CCOc1cccc(NC(=O)NC(C)(CO)C2CC2)c1. The summed E-state index contributed by atoms with van der Waals surface area (Å²) < 4.78 is 5.42. The Balaban J connectivity index is 1.94. The first-order valence-electron chi connectivity index (χ1n) is 7.11. The molecule has 1 fully saturated rings. The van der Waals surface area contributed by atoms with Crippen molar-refractivity contribution in [1.82, 2.24) is 5.32 Å². The highest BCUT2D eigenvalue weighted by Crippen LogP contribution is 2.39. The van der Waals surface area contributed by atoms with Crippen LogP contribution in [0.4, 0.5) is 10.5 Å². The zero-order valence-electron chi connectivity index (χ0n) is 12.3. The lowest BCUT2D eigenvalue weighted by Gasteiger charge is -2.28. The Morgan fingerprint density at radius 2 is 2.33 bits per heavy atom. The molecule has 0 radical (unpaired) electrons. The largest absolute Gasteiger partial charge is 0.489 e. The first-order valence-corrected chi connectivity index (χ1v) is 7.11. The van der Waals surface area contributed by atoms with E-state index in [0.29, 0.717) is 24.0 Å². The van der Waals surface area contributed by atoms with E-state index in [2.05, 4.69) is 17.2 Å². The van der Waals surface area contributed by atoms with E-state index in [9.17, 15) is 9.90 Å². The van der Waals surface area contributed by atoms with Gasteiger partial charge in [0, 0.05) is 11.8 Å². The molecule has 2 rings (SSSR count). The van der Waals surface area contributed by atoms with Crippen molar-refractivity contribution in [3.05, 3.63) is 36.9 Å². The molecule has 3 N–H and O–H groups in total. The van der Waals surface area contributed by atoms with Gasteiger partial charge in [0.1, 0.15) is 12.4 Å². The molecule has 0 bridgehead atoms. The number of carbonyl (C=O) groups is 1. The van der Waals surface area contributed by atoms with Crippen LogP contribution >= 0.6 is 0 Å². The monoisotopic (exact) mass is 290 g/mol. The highest BCUT2D eigenvalue weighted by atomic mass is 16.5. The zero-order valence-corrected chi connectivity index (χ0v) is 12.3.